The Labute approximate surface area is 132 Å². The first-order valence-corrected chi connectivity index (χ1v) is 7.67. The van der Waals surface area contributed by atoms with E-state index in [0.29, 0.717) is 11.6 Å². The number of esters is 1. The summed E-state index contributed by atoms with van der Waals surface area (Å²) in [5.74, 6) is -0.0425. The minimum Gasteiger partial charge on any atom is -0.402 e. The number of cyclic esters (lactones) is 1. The second-order valence-electron chi connectivity index (χ2n) is 4.96. The standard InChI is InChI=1S/C17H12N2O2S/c1-19-12-9-5-6-10-13(12)22-16(19)14-17(20)21-15(18-14)11-7-3-2-4-8-11/h2-10H,1H3/b16-14+. The third-order valence-corrected chi connectivity index (χ3v) is 4.78. The van der Waals surface area contributed by atoms with Crippen LogP contribution in [0.4, 0.5) is 5.69 Å². The van der Waals surface area contributed by atoms with Crippen LogP contribution in [0.15, 0.2) is 75.2 Å². The van der Waals surface area contributed by atoms with Gasteiger partial charge < -0.3 is 9.64 Å². The maximum atomic E-state index is 12.2. The molecule has 0 spiro atoms. The molecular weight excluding hydrogens is 296 g/mol. The Balaban J connectivity index is 1.77. The first-order valence-electron chi connectivity index (χ1n) is 6.85. The summed E-state index contributed by atoms with van der Waals surface area (Å²) in [7, 11) is 1.93. The van der Waals surface area contributed by atoms with Crippen molar-refractivity contribution >= 4 is 29.3 Å². The second-order valence-corrected chi connectivity index (χ2v) is 5.99. The highest BCUT2D eigenvalue weighted by Crippen LogP contribution is 2.46. The van der Waals surface area contributed by atoms with E-state index in [1.54, 1.807) is 11.8 Å². The quantitative estimate of drug-likeness (QED) is 0.598. The van der Waals surface area contributed by atoms with Gasteiger partial charge in [0, 0.05) is 17.5 Å². The van der Waals surface area contributed by atoms with Crippen LogP contribution in [0.2, 0.25) is 0 Å². The minimum atomic E-state index is -0.402. The molecule has 0 radical (unpaired) electrons. The average molecular weight is 308 g/mol. The van der Waals surface area contributed by atoms with Gasteiger partial charge in [0.1, 0.15) is 5.03 Å². The van der Waals surface area contributed by atoms with Gasteiger partial charge in [-0.2, -0.15) is 0 Å². The molecule has 4 nitrogen and oxygen atoms in total. The van der Waals surface area contributed by atoms with Crippen LogP contribution >= 0.6 is 11.8 Å². The van der Waals surface area contributed by atoms with E-state index in [1.807, 2.05) is 66.5 Å². The van der Waals surface area contributed by atoms with Crippen LogP contribution in [0, 0.1) is 0 Å². The molecule has 108 valence electrons. The summed E-state index contributed by atoms with van der Waals surface area (Å²) in [6.07, 6.45) is 0. The number of rotatable bonds is 1. The summed E-state index contributed by atoms with van der Waals surface area (Å²) in [5.41, 5.74) is 2.24. The van der Waals surface area contributed by atoms with Crippen LogP contribution in [-0.4, -0.2) is 18.9 Å². The van der Waals surface area contributed by atoms with Gasteiger partial charge in [0.15, 0.2) is 5.70 Å². The Morgan fingerprint density at radius 1 is 1.05 bits per heavy atom. The van der Waals surface area contributed by atoms with Crippen LogP contribution in [0.1, 0.15) is 5.56 Å². The number of para-hydroxylation sites is 1. The highest BCUT2D eigenvalue weighted by molar-refractivity contribution is 8.03. The van der Waals surface area contributed by atoms with Gasteiger partial charge >= 0.3 is 5.97 Å². The smallest absolute Gasteiger partial charge is 0.366 e. The molecule has 0 N–H and O–H groups in total. The Morgan fingerprint density at radius 3 is 2.55 bits per heavy atom. The summed E-state index contributed by atoms with van der Waals surface area (Å²) in [4.78, 5) is 19.7. The largest absolute Gasteiger partial charge is 0.402 e. The molecular formula is C17H12N2O2S. The van der Waals surface area contributed by atoms with Gasteiger partial charge in [-0.3, -0.25) is 0 Å². The molecule has 2 heterocycles. The van der Waals surface area contributed by atoms with Gasteiger partial charge in [-0.1, -0.05) is 42.1 Å². The average Bonchev–Trinajstić information content (AvgIpc) is 3.09. The number of carbonyl (C=O) groups excluding carboxylic acids is 1. The van der Waals surface area contributed by atoms with E-state index in [4.69, 9.17) is 4.74 Å². The number of anilines is 1. The summed E-state index contributed by atoms with van der Waals surface area (Å²) in [6, 6.07) is 17.5. The van der Waals surface area contributed by atoms with E-state index < -0.39 is 5.97 Å². The number of fused-ring (bicyclic) bond motifs is 1. The first-order chi connectivity index (χ1) is 10.7. The number of thioether (sulfide) groups is 1. The molecule has 0 aromatic heterocycles. The van der Waals surface area contributed by atoms with Gasteiger partial charge in [0.25, 0.3) is 0 Å². The number of aliphatic imine (C=N–C) groups is 1. The van der Waals surface area contributed by atoms with Crippen LogP contribution in [-0.2, 0) is 9.53 Å². The maximum Gasteiger partial charge on any atom is 0.366 e. The topological polar surface area (TPSA) is 41.9 Å². The second kappa shape index (κ2) is 5.03. The van der Waals surface area contributed by atoms with Crippen molar-refractivity contribution in [3.05, 3.63) is 70.9 Å². The van der Waals surface area contributed by atoms with Crippen molar-refractivity contribution < 1.29 is 9.53 Å². The van der Waals surface area contributed by atoms with Gasteiger partial charge in [-0.15, -0.1) is 0 Å². The molecule has 2 aromatic rings. The van der Waals surface area contributed by atoms with Gasteiger partial charge in [0.2, 0.25) is 5.90 Å². The summed E-state index contributed by atoms with van der Waals surface area (Å²) < 4.78 is 5.33. The normalized spacial score (nSPS) is 20.0. The zero-order valence-corrected chi connectivity index (χ0v) is 12.6. The fraction of sp³-hybridized carbons (Fsp3) is 0.0588. The fourth-order valence-corrected chi connectivity index (χ4v) is 3.58. The van der Waals surface area contributed by atoms with Crippen LogP contribution in [0.5, 0.6) is 0 Å². The lowest BCUT2D eigenvalue weighted by molar-refractivity contribution is -0.130. The Kier molecular flexibility index (Phi) is 3.01. The molecule has 0 atom stereocenters. The lowest BCUT2D eigenvalue weighted by atomic mass is 10.2. The number of carbonyl (C=O) groups is 1. The molecule has 0 saturated heterocycles. The monoisotopic (exact) mass is 308 g/mol. The van der Waals surface area contributed by atoms with Gasteiger partial charge in [-0.25, -0.2) is 9.79 Å². The molecule has 0 amide bonds. The molecule has 0 fully saturated rings. The van der Waals surface area contributed by atoms with Crippen molar-refractivity contribution in [2.75, 3.05) is 11.9 Å². The highest BCUT2D eigenvalue weighted by Gasteiger charge is 2.33. The molecule has 0 aliphatic carbocycles. The molecule has 5 heteroatoms. The molecule has 0 saturated carbocycles. The zero-order valence-electron chi connectivity index (χ0n) is 11.8. The molecule has 0 bridgehead atoms. The van der Waals surface area contributed by atoms with E-state index in [2.05, 4.69) is 4.99 Å². The first kappa shape index (κ1) is 13.2. The number of hydrogen-bond donors (Lipinski definition) is 0. The van der Waals surface area contributed by atoms with E-state index in [9.17, 15) is 4.79 Å². The van der Waals surface area contributed by atoms with Gasteiger partial charge in [-0.05, 0) is 24.3 Å². The van der Waals surface area contributed by atoms with Crippen LogP contribution in [0.25, 0.3) is 0 Å². The van der Waals surface area contributed by atoms with Crippen molar-refractivity contribution in [3.63, 3.8) is 0 Å². The van der Waals surface area contributed by atoms with Gasteiger partial charge in [0.05, 0.1) is 5.69 Å². The SMILES string of the molecule is CN1/C(=C2\N=C(c3ccccc3)OC2=O)Sc2ccccc21. The van der Waals surface area contributed by atoms with Crippen molar-refractivity contribution in [3.8, 4) is 0 Å². The lowest BCUT2D eigenvalue weighted by Crippen LogP contribution is -2.14. The van der Waals surface area contributed by atoms with Crippen molar-refractivity contribution in [2.24, 2.45) is 4.99 Å². The van der Waals surface area contributed by atoms with E-state index in [0.717, 1.165) is 21.2 Å². The molecule has 2 aromatic carbocycles. The Hall–Kier alpha value is -2.53. The maximum absolute atomic E-state index is 12.2. The third kappa shape index (κ3) is 2.02. The predicted octanol–water partition coefficient (Wildman–Crippen LogP) is 3.40. The van der Waals surface area contributed by atoms with E-state index in [1.165, 1.54) is 0 Å². The number of benzene rings is 2. The number of nitrogens with zero attached hydrogens (tertiary/aromatic N) is 2. The van der Waals surface area contributed by atoms with E-state index >= 15 is 0 Å². The van der Waals surface area contributed by atoms with Crippen LogP contribution in [0.3, 0.4) is 0 Å². The highest BCUT2D eigenvalue weighted by atomic mass is 32.2. The molecule has 22 heavy (non-hydrogen) atoms. The number of ether oxygens (including phenoxy) is 1. The Bertz CT molecular complexity index is 828. The fourth-order valence-electron chi connectivity index (χ4n) is 2.46. The predicted molar refractivity (Wildman–Crippen MR) is 86.8 cm³/mol. The summed E-state index contributed by atoms with van der Waals surface area (Å²) >= 11 is 1.54. The zero-order chi connectivity index (χ0) is 15.1. The Morgan fingerprint density at radius 2 is 1.77 bits per heavy atom. The molecule has 2 aliphatic heterocycles. The molecule has 4 rings (SSSR count). The van der Waals surface area contributed by atoms with Crippen molar-refractivity contribution in [2.45, 2.75) is 4.90 Å². The molecule has 2 aliphatic rings. The number of hydrogen-bond acceptors (Lipinski definition) is 5. The summed E-state index contributed by atoms with van der Waals surface area (Å²) in [6.45, 7) is 0. The minimum absolute atomic E-state index is 0.359. The van der Waals surface area contributed by atoms with Crippen LogP contribution < -0.4 is 4.90 Å². The molecule has 0 unspecified atom stereocenters. The van der Waals surface area contributed by atoms with Crippen molar-refractivity contribution in [1.82, 2.24) is 0 Å². The third-order valence-electron chi connectivity index (χ3n) is 3.56. The van der Waals surface area contributed by atoms with E-state index in [-0.39, 0.29) is 0 Å². The van der Waals surface area contributed by atoms with Crippen molar-refractivity contribution in [1.29, 1.82) is 0 Å². The lowest BCUT2D eigenvalue weighted by Gasteiger charge is -2.13. The summed E-state index contributed by atoms with van der Waals surface area (Å²) in [5, 5.41) is 0.803.